The van der Waals surface area contributed by atoms with Crippen LogP contribution in [0.1, 0.15) is 25.3 Å². The van der Waals surface area contributed by atoms with E-state index in [1.807, 2.05) is 26.1 Å². The topological polar surface area (TPSA) is 45.6 Å². The lowest BCUT2D eigenvalue weighted by Crippen LogP contribution is -2.43. The van der Waals surface area contributed by atoms with Crippen LogP contribution in [-0.2, 0) is 6.42 Å². The van der Waals surface area contributed by atoms with E-state index in [-0.39, 0.29) is 24.0 Å². The molecule has 0 amide bonds. The molecule has 122 valence electrons. The van der Waals surface area contributed by atoms with Crippen LogP contribution in [0.4, 0.5) is 0 Å². The predicted octanol–water partition coefficient (Wildman–Crippen LogP) is 3.13. The number of aliphatic imine (C=N–C) groups is 1. The third-order valence-electron chi connectivity index (χ3n) is 3.53. The van der Waals surface area contributed by atoms with E-state index in [1.165, 1.54) is 5.56 Å². The second-order valence-corrected chi connectivity index (χ2v) is 5.07. The van der Waals surface area contributed by atoms with Gasteiger partial charge in [-0.15, -0.1) is 24.0 Å². The van der Waals surface area contributed by atoms with Crippen molar-refractivity contribution in [3.8, 4) is 5.75 Å². The summed E-state index contributed by atoms with van der Waals surface area (Å²) in [6.45, 7) is 3.54. The summed E-state index contributed by atoms with van der Waals surface area (Å²) in [5.74, 6) is 1.85. The molecule has 0 unspecified atom stereocenters. The highest BCUT2D eigenvalue weighted by Gasteiger charge is 2.11. The van der Waals surface area contributed by atoms with Gasteiger partial charge in [0.05, 0.1) is 6.61 Å². The third-order valence-corrected chi connectivity index (χ3v) is 3.53. The van der Waals surface area contributed by atoms with Crippen molar-refractivity contribution in [2.45, 2.75) is 32.2 Å². The van der Waals surface area contributed by atoms with Crippen LogP contribution in [0.5, 0.6) is 5.75 Å². The lowest BCUT2D eigenvalue weighted by Gasteiger charge is -2.17. The normalized spacial score (nSPS) is 14.5. The van der Waals surface area contributed by atoms with Crippen molar-refractivity contribution < 1.29 is 4.74 Å². The molecule has 0 heterocycles. The van der Waals surface area contributed by atoms with Crippen molar-refractivity contribution in [3.63, 3.8) is 0 Å². The molecule has 1 aromatic rings. The maximum absolute atomic E-state index is 5.65. The van der Waals surface area contributed by atoms with E-state index in [9.17, 15) is 0 Å². The van der Waals surface area contributed by atoms with Crippen LogP contribution < -0.4 is 15.4 Å². The summed E-state index contributed by atoms with van der Waals surface area (Å²) in [5.41, 5.74) is 1.23. The molecule has 1 aromatic carbocycles. The summed E-state index contributed by atoms with van der Waals surface area (Å²) < 4.78 is 5.65. The first-order valence-electron chi connectivity index (χ1n) is 7.66. The lowest BCUT2D eigenvalue weighted by molar-refractivity contribution is 0.336. The smallest absolute Gasteiger partial charge is 0.191 e. The van der Waals surface area contributed by atoms with E-state index in [0.717, 1.165) is 37.5 Å². The van der Waals surface area contributed by atoms with Crippen molar-refractivity contribution in [1.82, 2.24) is 10.6 Å². The minimum Gasteiger partial charge on any atom is -0.494 e. The average molecular weight is 415 g/mol. The van der Waals surface area contributed by atoms with Gasteiger partial charge in [-0.3, -0.25) is 4.99 Å². The van der Waals surface area contributed by atoms with Gasteiger partial charge in [0, 0.05) is 19.6 Å². The molecule has 0 aromatic heterocycles. The van der Waals surface area contributed by atoms with Gasteiger partial charge in [-0.1, -0.05) is 30.4 Å². The van der Waals surface area contributed by atoms with E-state index in [4.69, 9.17) is 4.74 Å². The second-order valence-electron chi connectivity index (χ2n) is 5.07. The monoisotopic (exact) mass is 415 g/mol. The molecule has 1 aliphatic rings. The highest BCUT2D eigenvalue weighted by Crippen LogP contribution is 2.18. The number of nitrogens with zero attached hydrogens (tertiary/aromatic N) is 1. The van der Waals surface area contributed by atoms with Crippen molar-refractivity contribution in [1.29, 1.82) is 0 Å². The zero-order valence-electron chi connectivity index (χ0n) is 13.3. The Labute approximate surface area is 150 Å². The number of nitrogens with one attached hydrogen (secondary N) is 2. The number of hydrogen-bond donors (Lipinski definition) is 2. The van der Waals surface area contributed by atoms with E-state index in [2.05, 4.69) is 39.9 Å². The van der Waals surface area contributed by atoms with Crippen LogP contribution in [0.3, 0.4) is 0 Å². The fourth-order valence-electron chi connectivity index (χ4n) is 2.45. The zero-order valence-corrected chi connectivity index (χ0v) is 15.7. The molecular weight excluding hydrogens is 389 g/mol. The van der Waals surface area contributed by atoms with Gasteiger partial charge in [-0.25, -0.2) is 0 Å². The maximum atomic E-state index is 5.65. The Balaban J connectivity index is 0.00000242. The molecule has 0 fully saturated rings. The number of halogens is 1. The van der Waals surface area contributed by atoms with Gasteiger partial charge in [0.2, 0.25) is 0 Å². The third kappa shape index (κ3) is 5.87. The SMILES string of the molecule is CCOc1ccccc1CCNC(=NC)NC1CC=CC1.I. The molecule has 4 nitrogen and oxygen atoms in total. The van der Waals surface area contributed by atoms with Gasteiger partial charge < -0.3 is 15.4 Å². The Bertz CT molecular complexity index is 494. The van der Waals surface area contributed by atoms with E-state index in [0.29, 0.717) is 12.6 Å². The van der Waals surface area contributed by atoms with E-state index < -0.39 is 0 Å². The molecule has 0 saturated heterocycles. The second kappa shape index (κ2) is 10.5. The fraction of sp³-hybridized carbons (Fsp3) is 0.471. The van der Waals surface area contributed by atoms with Gasteiger partial charge in [-0.05, 0) is 37.8 Å². The highest BCUT2D eigenvalue weighted by atomic mass is 127. The molecule has 2 N–H and O–H groups in total. The number of para-hydroxylation sites is 1. The summed E-state index contributed by atoms with van der Waals surface area (Å²) in [6.07, 6.45) is 7.49. The summed E-state index contributed by atoms with van der Waals surface area (Å²) in [7, 11) is 1.81. The molecule has 5 heteroatoms. The Hall–Kier alpha value is -1.24. The summed E-state index contributed by atoms with van der Waals surface area (Å²) in [4.78, 5) is 4.28. The molecule has 2 rings (SSSR count). The van der Waals surface area contributed by atoms with E-state index in [1.54, 1.807) is 0 Å². The van der Waals surface area contributed by atoms with Crippen LogP contribution >= 0.6 is 24.0 Å². The van der Waals surface area contributed by atoms with Crippen LogP contribution in [-0.4, -0.2) is 32.2 Å². The number of ether oxygens (including phenoxy) is 1. The molecule has 0 radical (unpaired) electrons. The molecule has 22 heavy (non-hydrogen) atoms. The first kappa shape index (κ1) is 18.8. The standard InChI is InChI=1S/C17H25N3O.HI/c1-3-21-16-11-7-4-8-14(16)12-13-19-17(18-2)20-15-9-5-6-10-15;/h4-8,11,15H,3,9-10,12-13H2,1-2H3,(H2,18,19,20);1H. The number of hydrogen-bond acceptors (Lipinski definition) is 2. The molecule has 0 saturated carbocycles. The molecule has 0 aliphatic heterocycles. The molecular formula is C17H26IN3O. The molecule has 1 aliphatic carbocycles. The highest BCUT2D eigenvalue weighted by molar-refractivity contribution is 14.0. The molecule has 0 atom stereocenters. The predicted molar refractivity (Wildman–Crippen MR) is 103 cm³/mol. The number of benzene rings is 1. The minimum atomic E-state index is 0. The minimum absolute atomic E-state index is 0. The fourth-order valence-corrected chi connectivity index (χ4v) is 2.45. The van der Waals surface area contributed by atoms with Gasteiger partial charge >= 0.3 is 0 Å². The van der Waals surface area contributed by atoms with Gasteiger partial charge in [0.25, 0.3) is 0 Å². The van der Waals surface area contributed by atoms with Gasteiger partial charge in [0.15, 0.2) is 5.96 Å². The average Bonchev–Trinajstić information content (AvgIpc) is 3.01. The largest absolute Gasteiger partial charge is 0.494 e. The van der Waals surface area contributed by atoms with Crippen LogP contribution in [0, 0.1) is 0 Å². The van der Waals surface area contributed by atoms with Crippen LogP contribution in [0.2, 0.25) is 0 Å². The Kier molecular flexibility index (Phi) is 8.96. The Morgan fingerprint density at radius 1 is 1.27 bits per heavy atom. The zero-order chi connectivity index (χ0) is 14.9. The van der Waals surface area contributed by atoms with Crippen molar-refractivity contribution in [2.75, 3.05) is 20.2 Å². The Morgan fingerprint density at radius 3 is 2.68 bits per heavy atom. The maximum Gasteiger partial charge on any atom is 0.191 e. The van der Waals surface area contributed by atoms with Crippen LogP contribution in [0.15, 0.2) is 41.4 Å². The quantitative estimate of drug-likeness (QED) is 0.325. The van der Waals surface area contributed by atoms with Crippen molar-refractivity contribution >= 4 is 29.9 Å². The van der Waals surface area contributed by atoms with Gasteiger partial charge in [0.1, 0.15) is 5.75 Å². The number of guanidine groups is 1. The lowest BCUT2D eigenvalue weighted by atomic mass is 10.1. The summed E-state index contributed by atoms with van der Waals surface area (Å²) in [5, 5.41) is 6.81. The summed E-state index contributed by atoms with van der Waals surface area (Å²) >= 11 is 0. The van der Waals surface area contributed by atoms with Gasteiger partial charge in [-0.2, -0.15) is 0 Å². The molecule has 0 spiro atoms. The van der Waals surface area contributed by atoms with Crippen molar-refractivity contribution in [2.24, 2.45) is 4.99 Å². The van der Waals surface area contributed by atoms with Crippen LogP contribution in [0.25, 0.3) is 0 Å². The number of rotatable bonds is 6. The van der Waals surface area contributed by atoms with Crippen molar-refractivity contribution in [3.05, 3.63) is 42.0 Å². The summed E-state index contributed by atoms with van der Waals surface area (Å²) in [6, 6.07) is 8.68. The first-order chi connectivity index (χ1) is 10.3. The molecule has 0 bridgehead atoms. The first-order valence-corrected chi connectivity index (χ1v) is 7.66. The Morgan fingerprint density at radius 2 is 2.00 bits per heavy atom. The van der Waals surface area contributed by atoms with E-state index >= 15 is 0 Å².